The summed E-state index contributed by atoms with van der Waals surface area (Å²) in [6.07, 6.45) is 1.03. The van der Waals surface area contributed by atoms with Gasteiger partial charge in [0.2, 0.25) is 0 Å². The summed E-state index contributed by atoms with van der Waals surface area (Å²) in [4.78, 5) is 3.62. The van der Waals surface area contributed by atoms with E-state index >= 15 is 0 Å². The summed E-state index contributed by atoms with van der Waals surface area (Å²) in [7, 11) is 1.35. The van der Waals surface area contributed by atoms with Gasteiger partial charge in [-0.1, -0.05) is 6.07 Å². The first kappa shape index (κ1) is 11.3. The highest BCUT2D eigenvalue weighted by molar-refractivity contribution is 5.67. The quantitative estimate of drug-likeness (QED) is 0.871. The van der Waals surface area contributed by atoms with Crippen LogP contribution in [0.15, 0.2) is 30.5 Å². The van der Waals surface area contributed by atoms with Gasteiger partial charge in [-0.05, 0) is 23.8 Å². The minimum atomic E-state index is -0.520. The van der Waals surface area contributed by atoms with Crippen LogP contribution in [0.1, 0.15) is 0 Å². The van der Waals surface area contributed by atoms with E-state index in [4.69, 9.17) is 10.5 Å². The zero-order valence-corrected chi connectivity index (χ0v) is 9.08. The molecule has 0 spiro atoms. The number of pyridine rings is 1. The lowest BCUT2D eigenvalue weighted by Crippen LogP contribution is -1.94. The van der Waals surface area contributed by atoms with Gasteiger partial charge in [-0.25, -0.2) is 13.8 Å². The van der Waals surface area contributed by atoms with Crippen molar-refractivity contribution >= 4 is 5.82 Å². The fourth-order valence-corrected chi connectivity index (χ4v) is 1.50. The predicted octanol–water partition coefficient (Wildman–Crippen LogP) is 2.62. The fourth-order valence-electron chi connectivity index (χ4n) is 1.50. The Hall–Kier alpha value is -2.17. The highest BCUT2D eigenvalue weighted by atomic mass is 19.1. The number of anilines is 1. The molecule has 0 saturated heterocycles. The standard InChI is InChI=1S/C12H10F2N2O/c1-17-11-4-7(2-3-9(11)13)8-5-12(15)16-6-10(8)14/h2-6H,1H3,(H2,15,16). The van der Waals surface area contributed by atoms with E-state index in [1.165, 1.54) is 31.4 Å². The van der Waals surface area contributed by atoms with Crippen molar-refractivity contribution in [1.82, 2.24) is 4.98 Å². The molecule has 88 valence electrons. The Labute approximate surface area is 96.9 Å². The average molecular weight is 236 g/mol. The van der Waals surface area contributed by atoms with Crippen LogP contribution >= 0.6 is 0 Å². The normalized spacial score (nSPS) is 10.3. The molecule has 0 radical (unpaired) electrons. The number of nitrogen functional groups attached to an aromatic ring is 1. The molecule has 0 fully saturated rings. The van der Waals surface area contributed by atoms with Gasteiger partial charge in [-0.2, -0.15) is 0 Å². The number of nitrogens with zero attached hydrogens (tertiary/aromatic N) is 1. The third-order valence-corrected chi connectivity index (χ3v) is 2.34. The number of halogens is 2. The highest BCUT2D eigenvalue weighted by Gasteiger charge is 2.10. The molecule has 1 aromatic carbocycles. The van der Waals surface area contributed by atoms with Crippen LogP contribution < -0.4 is 10.5 Å². The minimum Gasteiger partial charge on any atom is -0.494 e. The minimum absolute atomic E-state index is 0.0530. The van der Waals surface area contributed by atoms with Gasteiger partial charge in [0.1, 0.15) is 11.6 Å². The van der Waals surface area contributed by atoms with E-state index in [2.05, 4.69) is 4.98 Å². The molecule has 0 aliphatic heterocycles. The molecule has 0 bridgehead atoms. The average Bonchev–Trinajstić information content (AvgIpc) is 2.33. The van der Waals surface area contributed by atoms with Gasteiger partial charge in [0.25, 0.3) is 0 Å². The van der Waals surface area contributed by atoms with E-state index in [0.717, 1.165) is 6.20 Å². The SMILES string of the molecule is COc1cc(-c2cc(N)ncc2F)ccc1F. The van der Waals surface area contributed by atoms with Crippen molar-refractivity contribution in [3.8, 4) is 16.9 Å². The number of rotatable bonds is 2. The summed E-state index contributed by atoms with van der Waals surface area (Å²) < 4.78 is 31.6. The second-order valence-corrected chi connectivity index (χ2v) is 3.44. The first-order valence-electron chi connectivity index (χ1n) is 4.86. The molecule has 0 amide bonds. The lowest BCUT2D eigenvalue weighted by Gasteiger charge is -2.07. The third-order valence-electron chi connectivity index (χ3n) is 2.34. The largest absolute Gasteiger partial charge is 0.494 e. The van der Waals surface area contributed by atoms with Gasteiger partial charge in [-0.3, -0.25) is 0 Å². The summed E-state index contributed by atoms with van der Waals surface area (Å²) in [5, 5.41) is 0. The van der Waals surface area contributed by atoms with Crippen LogP contribution in [-0.2, 0) is 0 Å². The highest BCUT2D eigenvalue weighted by Crippen LogP contribution is 2.28. The lowest BCUT2D eigenvalue weighted by molar-refractivity contribution is 0.387. The van der Waals surface area contributed by atoms with E-state index in [0.29, 0.717) is 5.56 Å². The zero-order valence-electron chi connectivity index (χ0n) is 9.08. The Morgan fingerprint density at radius 1 is 1.18 bits per heavy atom. The second-order valence-electron chi connectivity index (χ2n) is 3.44. The topological polar surface area (TPSA) is 48.1 Å². The molecule has 0 aliphatic carbocycles. The van der Waals surface area contributed by atoms with Crippen LogP contribution in [0.4, 0.5) is 14.6 Å². The maximum absolute atomic E-state index is 13.5. The Kier molecular flexibility index (Phi) is 2.91. The number of aromatic nitrogens is 1. The number of hydrogen-bond donors (Lipinski definition) is 1. The predicted molar refractivity (Wildman–Crippen MR) is 60.6 cm³/mol. The number of benzene rings is 1. The number of nitrogens with two attached hydrogens (primary N) is 1. The first-order chi connectivity index (χ1) is 8.11. The van der Waals surface area contributed by atoms with Crippen molar-refractivity contribution in [3.05, 3.63) is 42.1 Å². The third kappa shape index (κ3) is 2.18. The van der Waals surface area contributed by atoms with E-state index < -0.39 is 11.6 Å². The van der Waals surface area contributed by atoms with E-state index in [9.17, 15) is 8.78 Å². The summed E-state index contributed by atoms with van der Waals surface area (Å²) in [6, 6.07) is 5.47. The Morgan fingerprint density at radius 2 is 1.94 bits per heavy atom. The van der Waals surface area contributed by atoms with Crippen molar-refractivity contribution < 1.29 is 13.5 Å². The summed E-state index contributed by atoms with van der Waals surface area (Å²) in [6.45, 7) is 0. The molecule has 3 nitrogen and oxygen atoms in total. The van der Waals surface area contributed by atoms with Crippen LogP contribution in [0.5, 0.6) is 5.75 Å². The zero-order chi connectivity index (χ0) is 12.4. The molecule has 0 unspecified atom stereocenters. The van der Waals surface area contributed by atoms with Crippen LogP contribution in [-0.4, -0.2) is 12.1 Å². The van der Waals surface area contributed by atoms with Gasteiger partial charge >= 0.3 is 0 Å². The summed E-state index contributed by atoms with van der Waals surface area (Å²) >= 11 is 0. The van der Waals surface area contributed by atoms with Crippen molar-refractivity contribution in [2.24, 2.45) is 0 Å². The summed E-state index contributed by atoms with van der Waals surface area (Å²) in [5.74, 6) is -0.770. The van der Waals surface area contributed by atoms with Gasteiger partial charge in [0.05, 0.1) is 13.3 Å². The first-order valence-corrected chi connectivity index (χ1v) is 4.86. The van der Waals surface area contributed by atoms with E-state index in [1.54, 1.807) is 0 Å². The maximum Gasteiger partial charge on any atom is 0.165 e. The Morgan fingerprint density at radius 3 is 2.65 bits per heavy atom. The number of methoxy groups -OCH3 is 1. The van der Waals surface area contributed by atoms with Crippen LogP contribution in [0, 0.1) is 11.6 Å². The van der Waals surface area contributed by atoms with Crippen molar-refractivity contribution in [2.75, 3.05) is 12.8 Å². The van der Waals surface area contributed by atoms with Crippen molar-refractivity contribution in [1.29, 1.82) is 0 Å². The van der Waals surface area contributed by atoms with Crippen molar-refractivity contribution in [3.63, 3.8) is 0 Å². The Bertz CT molecular complexity index is 558. The molecular formula is C12H10F2N2O. The molecule has 5 heteroatoms. The molecule has 0 saturated carbocycles. The summed E-state index contributed by atoms with van der Waals surface area (Å²) in [5.41, 5.74) is 6.22. The van der Waals surface area contributed by atoms with Gasteiger partial charge in [-0.15, -0.1) is 0 Å². The number of ether oxygens (including phenoxy) is 1. The maximum atomic E-state index is 13.5. The molecule has 2 aromatic rings. The molecule has 1 heterocycles. The van der Waals surface area contributed by atoms with Gasteiger partial charge in [0, 0.05) is 5.56 Å². The van der Waals surface area contributed by atoms with Crippen molar-refractivity contribution in [2.45, 2.75) is 0 Å². The van der Waals surface area contributed by atoms with Gasteiger partial charge in [0.15, 0.2) is 11.6 Å². The number of hydrogen-bond acceptors (Lipinski definition) is 3. The molecular weight excluding hydrogens is 226 g/mol. The van der Waals surface area contributed by atoms with Crippen LogP contribution in [0.3, 0.4) is 0 Å². The molecule has 2 rings (SSSR count). The lowest BCUT2D eigenvalue weighted by atomic mass is 10.1. The molecule has 17 heavy (non-hydrogen) atoms. The molecule has 1 aromatic heterocycles. The fraction of sp³-hybridized carbons (Fsp3) is 0.0833. The molecule has 0 aliphatic rings. The molecule has 0 atom stereocenters. The van der Waals surface area contributed by atoms with Gasteiger partial charge < -0.3 is 10.5 Å². The monoisotopic (exact) mass is 236 g/mol. The smallest absolute Gasteiger partial charge is 0.165 e. The van der Waals surface area contributed by atoms with Crippen LogP contribution in [0.2, 0.25) is 0 Å². The molecule has 2 N–H and O–H groups in total. The van der Waals surface area contributed by atoms with E-state index in [1.807, 2.05) is 0 Å². The second kappa shape index (κ2) is 4.37. The Balaban J connectivity index is 2.56. The van der Waals surface area contributed by atoms with Crippen LogP contribution in [0.25, 0.3) is 11.1 Å². The van der Waals surface area contributed by atoms with E-state index in [-0.39, 0.29) is 17.1 Å².